The number of anilines is 1. The number of ether oxygens (including phenoxy) is 1. The van der Waals surface area contributed by atoms with Gasteiger partial charge in [-0.3, -0.25) is 28.8 Å². The Balaban J connectivity index is 1.20. The molecule has 2 aromatic carbocycles. The van der Waals surface area contributed by atoms with Crippen LogP contribution in [0.3, 0.4) is 0 Å². The van der Waals surface area contributed by atoms with Gasteiger partial charge in [0.05, 0.1) is 48.4 Å². The van der Waals surface area contributed by atoms with Gasteiger partial charge in [-0.1, -0.05) is 17.7 Å². The number of aliphatic carboxylic acids is 1. The van der Waals surface area contributed by atoms with E-state index in [0.717, 1.165) is 0 Å². The van der Waals surface area contributed by atoms with Gasteiger partial charge in [0.2, 0.25) is 5.91 Å². The largest absolute Gasteiger partial charge is 0.480 e. The number of amides is 3. The fraction of sp³-hybridized carbons (Fsp3) is 0.421. The maximum absolute atomic E-state index is 15.5. The van der Waals surface area contributed by atoms with E-state index in [-0.39, 0.29) is 63.2 Å². The van der Waals surface area contributed by atoms with Crippen molar-refractivity contribution < 1.29 is 37.8 Å². The number of carboxylic acid groups (broad SMARTS) is 1. The molecule has 1 aliphatic heterocycles. The predicted octanol–water partition coefficient (Wildman–Crippen LogP) is 4.81. The minimum atomic E-state index is -1.10. The highest BCUT2D eigenvalue weighted by Crippen LogP contribution is 2.33. The normalized spacial score (nSPS) is 13.4. The van der Waals surface area contributed by atoms with Crippen LogP contribution in [0.15, 0.2) is 42.7 Å². The van der Waals surface area contributed by atoms with Crippen LogP contribution in [0.2, 0.25) is 5.02 Å². The summed E-state index contributed by atoms with van der Waals surface area (Å²) in [4.78, 5) is 60.0. The number of benzene rings is 2. The number of likely N-dealkylation sites (N-methyl/N-ethyl adjacent to an activating group) is 2. The van der Waals surface area contributed by atoms with Gasteiger partial charge in [0.25, 0.3) is 11.8 Å². The molecule has 1 fully saturated rings. The van der Waals surface area contributed by atoms with Crippen LogP contribution in [0.25, 0.3) is 22.4 Å². The number of hydrogen-bond acceptors (Lipinski definition) is 8. The number of nitrogens with zero attached hydrogens (tertiary/aromatic N) is 7. The van der Waals surface area contributed by atoms with Crippen molar-refractivity contribution in [3.05, 3.63) is 76.5 Å². The fourth-order valence-corrected chi connectivity index (χ4v) is 6.94. The zero-order valence-electron chi connectivity index (χ0n) is 31.4. The minimum absolute atomic E-state index is 0.0139. The summed E-state index contributed by atoms with van der Waals surface area (Å²) >= 11 is 6.53. The van der Waals surface area contributed by atoms with Crippen molar-refractivity contribution >= 4 is 41.0 Å². The average Bonchev–Trinajstić information content (AvgIpc) is 3.72. The lowest BCUT2D eigenvalue weighted by Crippen LogP contribution is -2.46. The summed E-state index contributed by atoms with van der Waals surface area (Å²) < 4.78 is 39.1. The Morgan fingerprint density at radius 1 is 1.04 bits per heavy atom. The van der Waals surface area contributed by atoms with Gasteiger partial charge >= 0.3 is 5.97 Å². The molecule has 0 radical (unpaired) electrons. The van der Waals surface area contributed by atoms with E-state index < -0.39 is 23.5 Å². The number of aromatic nitrogens is 4. The summed E-state index contributed by atoms with van der Waals surface area (Å²) in [5.74, 6) is -4.37. The van der Waals surface area contributed by atoms with Crippen LogP contribution in [0.4, 0.5) is 14.5 Å². The van der Waals surface area contributed by atoms with Crippen molar-refractivity contribution in [1.29, 1.82) is 0 Å². The number of hydrogen-bond donors (Lipinski definition) is 2. The summed E-state index contributed by atoms with van der Waals surface area (Å²) in [5.41, 5.74) is 1.78. The first-order valence-electron chi connectivity index (χ1n) is 17.9. The van der Waals surface area contributed by atoms with E-state index in [2.05, 4.69) is 15.4 Å². The Hall–Kier alpha value is -5.19. The maximum atomic E-state index is 15.5. The SMILES string of the molecule is CCN(CCN(C)CC(=O)O)C(=O)C1CCN(C(=O)c2ccc(NC(=O)c3ncc(-c4ccc(-c5cnn(CCOC)c5C)c(F)c4F)n3C)cc2Cl)CC1. The van der Waals surface area contributed by atoms with Gasteiger partial charge in [0, 0.05) is 80.9 Å². The van der Waals surface area contributed by atoms with Gasteiger partial charge in [-0.05, 0) is 58.0 Å². The second-order valence-corrected chi connectivity index (χ2v) is 13.8. The van der Waals surface area contributed by atoms with E-state index in [9.17, 15) is 19.2 Å². The standard InChI is InChI=1S/C38H45ClF2N8O6/c1-6-47(16-15-45(3)22-32(50)51)37(53)24-11-13-48(14-12-24)38(54)27-8-7-25(19-30(27)39)44-36(52)35-42-21-31(46(35)4)28-10-9-26(33(40)34(28)41)29-20-43-49(23(29)2)17-18-55-5/h7-10,19-21,24H,6,11-18,22H2,1-5H3,(H,44,52)(H,50,51). The molecule has 0 atom stereocenters. The Labute approximate surface area is 322 Å². The number of carbonyl (C=O) groups excluding carboxylic acids is 3. The number of carboxylic acids is 1. The van der Waals surface area contributed by atoms with Crippen LogP contribution < -0.4 is 5.32 Å². The highest BCUT2D eigenvalue weighted by molar-refractivity contribution is 6.34. The molecule has 1 aliphatic rings. The number of piperidine rings is 1. The second-order valence-electron chi connectivity index (χ2n) is 13.4. The molecule has 55 heavy (non-hydrogen) atoms. The summed E-state index contributed by atoms with van der Waals surface area (Å²) in [7, 11) is 4.77. The highest BCUT2D eigenvalue weighted by atomic mass is 35.5. The molecule has 294 valence electrons. The molecule has 17 heteroatoms. The molecular formula is C38H45ClF2N8O6. The van der Waals surface area contributed by atoms with E-state index in [1.165, 1.54) is 54.3 Å². The first-order valence-corrected chi connectivity index (χ1v) is 18.2. The van der Waals surface area contributed by atoms with E-state index in [1.54, 1.807) is 40.5 Å². The number of rotatable bonds is 15. The van der Waals surface area contributed by atoms with Crippen molar-refractivity contribution in [1.82, 2.24) is 34.0 Å². The molecule has 2 N–H and O–H groups in total. The van der Waals surface area contributed by atoms with Gasteiger partial charge in [-0.25, -0.2) is 13.8 Å². The quantitative estimate of drug-likeness (QED) is 0.173. The smallest absolute Gasteiger partial charge is 0.317 e. The lowest BCUT2D eigenvalue weighted by atomic mass is 9.94. The van der Waals surface area contributed by atoms with Crippen molar-refractivity contribution in [2.75, 3.05) is 65.3 Å². The van der Waals surface area contributed by atoms with Crippen molar-refractivity contribution in [3.8, 4) is 22.4 Å². The highest BCUT2D eigenvalue weighted by Gasteiger charge is 2.31. The minimum Gasteiger partial charge on any atom is -0.480 e. The third kappa shape index (κ3) is 9.20. The summed E-state index contributed by atoms with van der Waals surface area (Å²) in [6, 6.07) is 7.38. The monoisotopic (exact) mass is 782 g/mol. The molecule has 4 aromatic rings. The van der Waals surface area contributed by atoms with Gasteiger partial charge in [-0.15, -0.1) is 0 Å². The molecule has 5 rings (SSSR count). The molecule has 2 aromatic heterocycles. The van der Waals surface area contributed by atoms with Crippen LogP contribution in [0, 0.1) is 24.5 Å². The van der Waals surface area contributed by atoms with Crippen molar-refractivity contribution in [3.63, 3.8) is 0 Å². The number of nitrogens with one attached hydrogen (secondary N) is 1. The van der Waals surface area contributed by atoms with Crippen LogP contribution in [0.5, 0.6) is 0 Å². The van der Waals surface area contributed by atoms with E-state index >= 15 is 8.78 Å². The first kappa shape index (κ1) is 41.0. The van der Waals surface area contributed by atoms with Crippen molar-refractivity contribution in [2.24, 2.45) is 13.0 Å². The Morgan fingerprint density at radius 3 is 2.38 bits per heavy atom. The Kier molecular flexibility index (Phi) is 13.4. The molecule has 0 spiro atoms. The number of halogens is 3. The molecule has 1 saturated heterocycles. The third-order valence-corrected chi connectivity index (χ3v) is 10.2. The first-order chi connectivity index (χ1) is 26.2. The zero-order valence-corrected chi connectivity index (χ0v) is 32.2. The van der Waals surface area contributed by atoms with Gasteiger partial charge < -0.3 is 29.5 Å². The topological polar surface area (TPSA) is 155 Å². The molecule has 0 bridgehead atoms. The molecule has 0 aliphatic carbocycles. The Morgan fingerprint density at radius 2 is 1.73 bits per heavy atom. The molecule has 3 amide bonds. The number of methoxy groups -OCH3 is 1. The van der Waals surface area contributed by atoms with Gasteiger partial charge in [0.15, 0.2) is 17.5 Å². The fourth-order valence-electron chi connectivity index (χ4n) is 6.68. The Bertz CT molecular complexity index is 2060. The third-order valence-electron chi connectivity index (χ3n) is 9.89. The van der Waals surface area contributed by atoms with Crippen molar-refractivity contribution in [2.45, 2.75) is 33.2 Å². The van der Waals surface area contributed by atoms with Gasteiger partial charge in [0.1, 0.15) is 0 Å². The van der Waals surface area contributed by atoms with E-state index in [1.807, 2.05) is 6.92 Å². The number of carbonyl (C=O) groups is 4. The number of likely N-dealkylation sites (tertiary alicyclic amines) is 1. The van der Waals surface area contributed by atoms with Crippen LogP contribution >= 0.6 is 11.6 Å². The van der Waals surface area contributed by atoms with Crippen LogP contribution in [-0.2, 0) is 27.9 Å². The molecular weight excluding hydrogens is 738 g/mol. The average molecular weight is 783 g/mol. The predicted molar refractivity (Wildman–Crippen MR) is 202 cm³/mol. The van der Waals surface area contributed by atoms with Crippen LogP contribution in [-0.4, -0.2) is 123 Å². The summed E-state index contributed by atoms with van der Waals surface area (Å²) in [6.45, 7) is 6.46. The lowest BCUT2D eigenvalue weighted by molar-refractivity contribution is -0.138. The van der Waals surface area contributed by atoms with Crippen LogP contribution in [0.1, 0.15) is 46.4 Å². The second kappa shape index (κ2) is 18.0. The maximum Gasteiger partial charge on any atom is 0.317 e. The summed E-state index contributed by atoms with van der Waals surface area (Å²) in [6.07, 6.45) is 3.72. The van der Waals surface area contributed by atoms with E-state index in [4.69, 9.17) is 21.4 Å². The molecule has 3 heterocycles. The molecule has 0 saturated carbocycles. The molecule has 14 nitrogen and oxygen atoms in total. The number of imidazole rings is 1. The van der Waals surface area contributed by atoms with Gasteiger partial charge in [-0.2, -0.15) is 5.10 Å². The summed E-state index contributed by atoms with van der Waals surface area (Å²) in [5, 5.41) is 16.1. The lowest BCUT2D eigenvalue weighted by Gasteiger charge is -2.34. The zero-order chi connectivity index (χ0) is 40.0. The van der Waals surface area contributed by atoms with E-state index in [0.29, 0.717) is 70.0 Å². The molecule has 0 unspecified atom stereocenters.